The van der Waals surface area contributed by atoms with Gasteiger partial charge in [-0.3, -0.25) is 0 Å². The van der Waals surface area contributed by atoms with E-state index in [0.29, 0.717) is 0 Å². The zero-order valence-electron chi connectivity index (χ0n) is 9.35. The number of halogens is 2. The van der Waals surface area contributed by atoms with Crippen molar-refractivity contribution < 1.29 is 15.0 Å². The Hall–Kier alpha value is -0.770. The highest BCUT2D eigenvalue weighted by atomic mass is 35.5. The maximum Gasteiger partial charge on any atom is 0.335 e. The number of aliphatic hydroxyl groups is 1. The lowest BCUT2D eigenvalue weighted by atomic mass is 9.92. The Labute approximate surface area is 107 Å². The molecule has 0 saturated heterocycles. The number of benzene rings is 1. The first kappa shape index (κ1) is 17.6. The molecule has 3 nitrogen and oxygen atoms in total. The molecule has 0 atom stereocenters. The zero-order valence-corrected chi connectivity index (χ0v) is 11.0. The van der Waals surface area contributed by atoms with Gasteiger partial charge in [0.15, 0.2) is 0 Å². The number of hydrogen-bond donors (Lipinski definition) is 2. The van der Waals surface area contributed by atoms with Crippen LogP contribution in [0.5, 0.6) is 0 Å². The predicted molar refractivity (Wildman–Crippen MR) is 67.9 cm³/mol. The highest BCUT2D eigenvalue weighted by Gasteiger charge is 2.18. The smallest absolute Gasteiger partial charge is 0.335 e. The van der Waals surface area contributed by atoms with Crippen LogP contribution in [0.4, 0.5) is 0 Å². The van der Waals surface area contributed by atoms with Gasteiger partial charge in [-0.2, -0.15) is 0 Å². The number of aryl methyl sites for hydroxylation is 1. The van der Waals surface area contributed by atoms with E-state index in [1.807, 2.05) is 0 Å². The second kappa shape index (κ2) is 6.09. The molecule has 0 unspecified atom stereocenters. The van der Waals surface area contributed by atoms with Crippen LogP contribution >= 0.6 is 24.8 Å². The summed E-state index contributed by atoms with van der Waals surface area (Å²) in [6.07, 6.45) is 0. The first-order valence-electron chi connectivity index (χ1n) is 4.39. The molecule has 0 aliphatic heterocycles. The monoisotopic (exact) mass is 266 g/mol. The third-order valence-corrected chi connectivity index (χ3v) is 2.13. The van der Waals surface area contributed by atoms with Crippen LogP contribution in [-0.4, -0.2) is 16.2 Å². The standard InChI is InChI=1S/C11H14O3.2ClH/c1-7-6-8(10(12)13)4-5-9(7)11(2,3)14;;/h4-6,14H,1-3H3,(H,12,13);2*1H. The molecule has 5 heteroatoms. The molecule has 0 aliphatic carbocycles. The van der Waals surface area contributed by atoms with Crippen LogP contribution in [0.3, 0.4) is 0 Å². The fourth-order valence-corrected chi connectivity index (χ4v) is 1.48. The summed E-state index contributed by atoms with van der Waals surface area (Å²) in [5, 5.41) is 18.5. The number of carboxylic acid groups (broad SMARTS) is 1. The van der Waals surface area contributed by atoms with E-state index in [1.54, 1.807) is 32.9 Å². The lowest BCUT2D eigenvalue weighted by molar-refractivity contribution is 0.0691. The summed E-state index contributed by atoms with van der Waals surface area (Å²) in [4.78, 5) is 10.7. The van der Waals surface area contributed by atoms with Crippen molar-refractivity contribution in [1.29, 1.82) is 0 Å². The van der Waals surface area contributed by atoms with Crippen molar-refractivity contribution in [2.24, 2.45) is 0 Å². The van der Waals surface area contributed by atoms with E-state index in [9.17, 15) is 9.90 Å². The van der Waals surface area contributed by atoms with Crippen LogP contribution in [0.25, 0.3) is 0 Å². The minimum atomic E-state index is -0.949. The van der Waals surface area contributed by atoms with Gasteiger partial charge in [-0.25, -0.2) is 4.79 Å². The summed E-state index contributed by atoms with van der Waals surface area (Å²) in [5.41, 5.74) is 0.858. The fourth-order valence-electron chi connectivity index (χ4n) is 1.48. The first-order valence-corrected chi connectivity index (χ1v) is 4.39. The van der Waals surface area contributed by atoms with Gasteiger partial charge in [0.25, 0.3) is 0 Å². The Balaban J connectivity index is 0. The van der Waals surface area contributed by atoms with E-state index in [-0.39, 0.29) is 30.4 Å². The molecule has 0 amide bonds. The molecule has 0 aromatic heterocycles. The SMILES string of the molecule is Cc1cc(C(=O)O)ccc1C(C)(C)O.Cl.Cl. The number of carbonyl (C=O) groups is 1. The number of rotatable bonds is 2. The molecule has 0 radical (unpaired) electrons. The molecule has 2 N–H and O–H groups in total. The van der Waals surface area contributed by atoms with Crippen molar-refractivity contribution in [2.45, 2.75) is 26.4 Å². The molecule has 1 aromatic carbocycles. The molecule has 0 spiro atoms. The third kappa shape index (κ3) is 4.00. The van der Waals surface area contributed by atoms with Crippen LogP contribution in [0.1, 0.15) is 35.3 Å². The normalized spacial score (nSPS) is 10.0. The number of carboxylic acids is 1. The molecular weight excluding hydrogens is 251 g/mol. The van der Waals surface area contributed by atoms with E-state index in [1.165, 1.54) is 6.07 Å². The summed E-state index contributed by atoms with van der Waals surface area (Å²) in [6, 6.07) is 4.72. The topological polar surface area (TPSA) is 57.5 Å². The zero-order chi connectivity index (χ0) is 10.9. The Kier molecular flexibility index (Phi) is 6.70. The van der Waals surface area contributed by atoms with Crippen molar-refractivity contribution >= 4 is 30.8 Å². The average Bonchev–Trinajstić information content (AvgIpc) is 2.01. The summed E-state index contributed by atoms with van der Waals surface area (Å²) >= 11 is 0. The van der Waals surface area contributed by atoms with Gasteiger partial charge in [0, 0.05) is 0 Å². The van der Waals surface area contributed by atoms with Gasteiger partial charge in [-0.1, -0.05) is 6.07 Å². The van der Waals surface area contributed by atoms with Gasteiger partial charge < -0.3 is 10.2 Å². The van der Waals surface area contributed by atoms with Gasteiger partial charge in [-0.05, 0) is 44.0 Å². The van der Waals surface area contributed by atoms with Crippen molar-refractivity contribution in [3.8, 4) is 0 Å². The van der Waals surface area contributed by atoms with Crippen LogP contribution in [0.2, 0.25) is 0 Å². The second-order valence-electron chi connectivity index (χ2n) is 3.89. The van der Waals surface area contributed by atoms with Crippen LogP contribution < -0.4 is 0 Å². The highest BCUT2D eigenvalue weighted by molar-refractivity contribution is 5.87. The predicted octanol–water partition coefficient (Wildman–Crippen LogP) is 2.76. The first-order chi connectivity index (χ1) is 6.32. The molecular formula is C11H16Cl2O3. The van der Waals surface area contributed by atoms with Crippen LogP contribution in [-0.2, 0) is 5.60 Å². The Morgan fingerprint density at radius 2 is 1.75 bits per heavy atom. The van der Waals surface area contributed by atoms with Gasteiger partial charge >= 0.3 is 5.97 Å². The lowest BCUT2D eigenvalue weighted by Gasteiger charge is -2.20. The van der Waals surface area contributed by atoms with Crippen molar-refractivity contribution in [1.82, 2.24) is 0 Å². The largest absolute Gasteiger partial charge is 0.478 e. The van der Waals surface area contributed by atoms with Gasteiger partial charge in [0.1, 0.15) is 0 Å². The molecule has 1 rings (SSSR count). The van der Waals surface area contributed by atoms with Crippen molar-refractivity contribution in [3.63, 3.8) is 0 Å². The maximum absolute atomic E-state index is 10.7. The fraction of sp³-hybridized carbons (Fsp3) is 0.364. The molecule has 1 aromatic rings. The molecule has 0 bridgehead atoms. The summed E-state index contributed by atoms with van der Waals surface area (Å²) < 4.78 is 0. The summed E-state index contributed by atoms with van der Waals surface area (Å²) in [5.74, 6) is -0.949. The number of aromatic carboxylic acids is 1. The van der Waals surface area contributed by atoms with Crippen molar-refractivity contribution in [2.75, 3.05) is 0 Å². The molecule has 0 aliphatic rings. The minimum absolute atomic E-state index is 0. The van der Waals surface area contributed by atoms with E-state index in [0.717, 1.165) is 11.1 Å². The molecule has 16 heavy (non-hydrogen) atoms. The van der Waals surface area contributed by atoms with E-state index < -0.39 is 11.6 Å². The molecule has 0 heterocycles. The van der Waals surface area contributed by atoms with Crippen molar-refractivity contribution in [3.05, 3.63) is 34.9 Å². The Bertz CT molecular complexity index is 370. The van der Waals surface area contributed by atoms with E-state index in [2.05, 4.69) is 0 Å². The summed E-state index contributed by atoms with van der Waals surface area (Å²) in [6.45, 7) is 5.14. The van der Waals surface area contributed by atoms with Crippen LogP contribution in [0, 0.1) is 6.92 Å². The molecule has 0 fully saturated rings. The summed E-state index contributed by atoms with van der Waals surface area (Å²) in [7, 11) is 0. The highest BCUT2D eigenvalue weighted by Crippen LogP contribution is 2.23. The second-order valence-corrected chi connectivity index (χ2v) is 3.89. The Morgan fingerprint density at radius 3 is 2.06 bits per heavy atom. The van der Waals surface area contributed by atoms with E-state index in [4.69, 9.17) is 5.11 Å². The average molecular weight is 267 g/mol. The van der Waals surface area contributed by atoms with Gasteiger partial charge in [-0.15, -0.1) is 24.8 Å². The number of hydrogen-bond acceptors (Lipinski definition) is 2. The minimum Gasteiger partial charge on any atom is -0.478 e. The maximum atomic E-state index is 10.7. The quantitative estimate of drug-likeness (QED) is 0.866. The molecule has 92 valence electrons. The Morgan fingerprint density at radius 1 is 1.25 bits per heavy atom. The third-order valence-electron chi connectivity index (χ3n) is 2.13. The lowest BCUT2D eigenvalue weighted by Crippen LogP contribution is -2.17. The van der Waals surface area contributed by atoms with Crippen LogP contribution in [0.15, 0.2) is 18.2 Å². The molecule has 0 saturated carbocycles. The van der Waals surface area contributed by atoms with E-state index >= 15 is 0 Å². The van der Waals surface area contributed by atoms with Gasteiger partial charge in [0.2, 0.25) is 0 Å². The van der Waals surface area contributed by atoms with Gasteiger partial charge in [0.05, 0.1) is 11.2 Å².